The monoisotopic (exact) mass is 790 g/mol. The minimum absolute atomic E-state index is 0.0879. The van der Waals surface area contributed by atoms with Crippen LogP contribution in [0.1, 0.15) is 26.3 Å². The van der Waals surface area contributed by atoms with Gasteiger partial charge in [-0.3, -0.25) is 0 Å². The van der Waals surface area contributed by atoms with Crippen LogP contribution in [-0.4, -0.2) is 33.5 Å². The molecule has 0 aliphatic carbocycles. The summed E-state index contributed by atoms with van der Waals surface area (Å²) in [6.45, 7) is 6.29. The number of aromatic hydroxyl groups is 1. The third kappa shape index (κ3) is 8.04. The number of benzene rings is 7. The van der Waals surface area contributed by atoms with Crippen molar-refractivity contribution < 1.29 is 33.5 Å². The van der Waals surface area contributed by atoms with Gasteiger partial charge in [0, 0.05) is 16.4 Å². The molecule has 0 heterocycles. The molecule has 0 fully saturated rings. The molecule has 0 saturated carbocycles. The lowest BCUT2D eigenvalue weighted by Crippen LogP contribution is -2.16. The molecule has 0 amide bonds. The highest BCUT2D eigenvalue weighted by molar-refractivity contribution is 7.56. The van der Waals surface area contributed by atoms with Gasteiger partial charge >= 0.3 is 0 Å². The minimum atomic E-state index is -0.297. The van der Waals surface area contributed by atoms with Crippen molar-refractivity contribution in [2.24, 2.45) is 0 Å². The van der Waals surface area contributed by atoms with Gasteiger partial charge in [-0.25, -0.2) is 0 Å². The number of methoxy groups -OCH3 is 4. The SMILES string of the molecule is COc1cccc(OC)c1-c1cccc(-c2c(OC)cccc2OC)c1-c1ccc(Oc2ccccc2)c(Pc2cccc(C(C)(C)C)c2O)c1Oc1ccccc1. The van der Waals surface area contributed by atoms with Crippen LogP contribution in [0.25, 0.3) is 33.4 Å². The lowest BCUT2D eigenvalue weighted by atomic mass is 9.86. The van der Waals surface area contributed by atoms with Gasteiger partial charge in [0.15, 0.2) is 0 Å². The van der Waals surface area contributed by atoms with Gasteiger partial charge in [0.25, 0.3) is 0 Å². The number of hydrogen-bond donors (Lipinski definition) is 1. The van der Waals surface area contributed by atoms with E-state index in [2.05, 4.69) is 32.9 Å². The van der Waals surface area contributed by atoms with E-state index in [0.717, 1.165) is 49.6 Å². The molecule has 0 bridgehead atoms. The second kappa shape index (κ2) is 17.4. The predicted molar refractivity (Wildman–Crippen MR) is 236 cm³/mol. The molecule has 58 heavy (non-hydrogen) atoms. The van der Waals surface area contributed by atoms with Crippen molar-refractivity contribution in [1.82, 2.24) is 0 Å². The number of para-hydroxylation sites is 3. The molecule has 0 spiro atoms. The summed E-state index contributed by atoms with van der Waals surface area (Å²) >= 11 is 0. The number of phenols is 1. The Morgan fingerprint density at radius 2 is 0.897 bits per heavy atom. The fraction of sp³-hybridized carbons (Fsp3) is 0.160. The zero-order valence-electron chi connectivity index (χ0n) is 33.8. The highest BCUT2D eigenvalue weighted by atomic mass is 31.1. The quantitative estimate of drug-likeness (QED) is 0.117. The summed E-state index contributed by atoms with van der Waals surface area (Å²) in [6.07, 6.45) is 0. The summed E-state index contributed by atoms with van der Waals surface area (Å²) in [5, 5.41) is 13.4. The molecule has 7 rings (SSSR count). The van der Waals surface area contributed by atoms with Gasteiger partial charge in [0.1, 0.15) is 51.7 Å². The third-order valence-electron chi connectivity index (χ3n) is 9.89. The average molecular weight is 791 g/mol. The molecule has 7 aromatic carbocycles. The molecule has 0 aliphatic heterocycles. The highest BCUT2D eigenvalue weighted by Crippen LogP contribution is 2.53. The first-order valence-electron chi connectivity index (χ1n) is 18.9. The van der Waals surface area contributed by atoms with Gasteiger partial charge in [-0.1, -0.05) is 106 Å². The van der Waals surface area contributed by atoms with E-state index in [9.17, 15) is 5.11 Å². The standard InChI is InChI=1S/C50H47O7P/c1-50(2,3)37-24-15-29-43(47(37)51)58-49-42(56-32-18-10-8-11-19-32)31-30-36(48(49)57-33-20-12-9-13-21-33)44-34(45-38(52-4)25-16-26-39(45)53-5)22-14-23-35(44)46-40(54-6)27-17-28-41(46)55-7/h8-31,51,58H,1-7H3. The summed E-state index contributed by atoms with van der Waals surface area (Å²) in [5.74, 6) is 5.19. The maximum Gasteiger partial charge on any atom is 0.146 e. The second-order valence-corrected chi connectivity index (χ2v) is 15.8. The van der Waals surface area contributed by atoms with Crippen LogP contribution in [0.2, 0.25) is 0 Å². The van der Waals surface area contributed by atoms with Crippen molar-refractivity contribution >= 4 is 19.2 Å². The smallest absolute Gasteiger partial charge is 0.146 e. The Bertz CT molecular complexity index is 2410. The van der Waals surface area contributed by atoms with E-state index in [1.54, 1.807) is 28.4 Å². The maximum absolute atomic E-state index is 11.9. The largest absolute Gasteiger partial charge is 0.507 e. The van der Waals surface area contributed by atoms with Crippen LogP contribution in [0.4, 0.5) is 0 Å². The van der Waals surface area contributed by atoms with Crippen LogP contribution in [0.3, 0.4) is 0 Å². The molecule has 1 N–H and O–H groups in total. The molecular weight excluding hydrogens is 744 g/mol. The number of hydrogen-bond acceptors (Lipinski definition) is 7. The Labute approximate surface area is 342 Å². The number of phenolic OH excluding ortho intramolecular Hbond substituents is 1. The first-order valence-corrected chi connectivity index (χ1v) is 19.9. The van der Waals surface area contributed by atoms with E-state index in [0.29, 0.717) is 46.0 Å². The van der Waals surface area contributed by atoms with Crippen molar-refractivity contribution in [3.63, 3.8) is 0 Å². The van der Waals surface area contributed by atoms with Gasteiger partial charge in [-0.15, -0.1) is 0 Å². The van der Waals surface area contributed by atoms with E-state index in [1.165, 1.54) is 0 Å². The van der Waals surface area contributed by atoms with Crippen LogP contribution in [0.5, 0.6) is 51.7 Å². The van der Waals surface area contributed by atoms with Crippen LogP contribution >= 0.6 is 8.58 Å². The van der Waals surface area contributed by atoms with Crippen molar-refractivity contribution in [1.29, 1.82) is 0 Å². The summed E-state index contributed by atoms with van der Waals surface area (Å²) in [6, 6.07) is 47.0. The van der Waals surface area contributed by atoms with Crippen LogP contribution in [0.15, 0.2) is 146 Å². The molecule has 1 atom stereocenters. The second-order valence-electron chi connectivity index (χ2n) is 14.5. The van der Waals surface area contributed by atoms with Gasteiger partial charge in [0.2, 0.25) is 0 Å². The van der Waals surface area contributed by atoms with Gasteiger partial charge < -0.3 is 33.5 Å². The van der Waals surface area contributed by atoms with Crippen LogP contribution in [-0.2, 0) is 5.41 Å². The zero-order chi connectivity index (χ0) is 40.8. The molecule has 294 valence electrons. The van der Waals surface area contributed by atoms with Gasteiger partial charge in [0.05, 0.1) is 44.9 Å². The third-order valence-corrected chi connectivity index (χ3v) is 11.3. The Kier molecular flexibility index (Phi) is 11.9. The molecule has 0 radical (unpaired) electrons. The molecule has 7 nitrogen and oxygen atoms in total. The van der Waals surface area contributed by atoms with E-state index in [1.807, 2.05) is 133 Å². The molecule has 8 heteroatoms. The van der Waals surface area contributed by atoms with Crippen molar-refractivity contribution in [3.05, 3.63) is 151 Å². The van der Waals surface area contributed by atoms with E-state index >= 15 is 0 Å². The van der Waals surface area contributed by atoms with Gasteiger partial charge in [-0.2, -0.15) is 0 Å². The van der Waals surface area contributed by atoms with E-state index in [4.69, 9.17) is 28.4 Å². The fourth-order valence-electron chi connectivity index (χ4n) is 7.17. The minimum Gasteiger partial charge on any atom is -0.507 e. The Hall–Kier alpha value is -6.43. The predicted octanol–water partition coefficient (Wildman–Crippen LogP) is 11.9. The highest BCUT2D eigenvalue weighted by Gasteiger charge is 2.29. The van der Waals surface area contributed by atoms with E-state index in [-0.39, 0.29) is 19.7 Å². The summed E-state index contributed by atoms with van der Waals surface area (Å²) in [4.78, 5) is 0. The summed E-state index contributed by atoms with van der Waals surface area (Å²) in [5.41, 5.74) is 5.27. The van der Waals surface area contributed by atoms with E-state index < -0.39 is 0 Å². The first-order chi connectivity index (χ1) is 28.2. The summed E-state index contributed by atoms with van der Waals surface area (Å²) in [7, 11) is 6.53. The molecule has 1 unspecified atom stereocenters. The first kappa shape index (κ1) is 39.8. The lowest BCUT2D eigenvalue weighted by molar-refractivity contribution is 0.397. The maximum atomic E-state index is 11.9. The molecular formula is C50H47O7P. The van der Waals surface area contributed by atoms with Crippen molar-refractivity contribution in [2.75, 3.05) is 28.4 Å². The van der Waals surface area contributed by atoms with Crippen LogP contribution in [0, 0.1) is 0 Å². The Morgan fingerprint density at radius 3 is 1.38 bits per heavy atom. The molecule has 0 saturated heterocycles. The van der Waals surface area contributed by atoms with Gasteiger partial charge in [-0.05, 0) is 91.3 Å². The number of ether oxygens (including phenoxy) is 6. The Balaban J connectivity index is 1.63. The average Bonchev–Trinajstić information content (AvgIpc) is 3.24. The normalized spacial score (nSPS) is 11.4. The lowest BCUT2D eigenvalue weighted by Gasteiger charge is -2.26. The van der Waals surface area contributed by atoms with Crippen LogP contribution < -0.4 is 39.0 Å². The number of rotatable bonds is 13. The topological polar surface area (TPSA) is 75.6 Å². The zero-order valence-corrected chi connectivity index (χ0v) is 34.8. The molecule has 0 aliphatic rings. The summed E-state index contributed by atoms with van der Waals surface area (Å²) < 4.78 is 38.0. The Morgan fingerprint density at radius 1 is 0.431 bits per heavy atom. The molecule has 0 aromatic heterocycles. The molecule has 7 aromatic rings. The van der Waals surface area contributed by atoms with Crippen molar-refractivity contribution in [3.8, 4) is 85.1 Å². The fourth-order valence-corrected chi connectivity index (χ4v) is 8.43. The van der Waals surface area contributed by atoms with Crippen molar-refractivity contribution in [2.45, 2.75) is 26.2 Å².